The highest BCUT2D eigenvalue weighted by molar-refractivity contribution is 6.05. The molecular formula is C21H15F2N3O2. The molecule has 28 heavy (non-hydrogen) atoms. The number of carbonyl (C=O) groups is 1. The highest BCUT2D eigenvalue weighted by Gasteiger charge is 2.19. The second-order valence-electron chi connectivity index (χ2n) is 6.06. The zero-order valence-corrected chi connectivity index (χ0v) is 14.8. The number of imidazole rings is 1. The lowest BCUT2D eigenvalue weighted by Gasteiger charge is -2.12. The number of rotatable bonds is 4. The van der Waals surface area contributed by atoms with Gasteiger partial charge >= 0.3 is 0 Å². The van der Waals surface area contributed by atoms with E-state index in [4.69, 9.17) is 4.74 Å². The maximum Gasteiger partial charge on any atom is 0.261 e. The van der Waals surface area contributed by atoms with Crippen LogP contribution >= 0.6 is 0 Å². The second-order valence-corrected chi connectivity index (χ2v) is 6.06. The van der Waals surface area contributed by atoms with Crippen LogP contribution in [0.4, 0.5) is 14.5 Å². The van der Waals surface area contributed by atoms with Gasteiger partial charge in [-0.3, -0.25) is 4.79 Å². The first-order valence-corrected chi connectivity index (χ1v) is 8.44. The third kappa shape index (κ3) is 3.18. The number of anilines is 1. The van der Waals surface area contributed by atoms with Crippen LogP contribution < -0.4 is 10.1 Å². The second kappa shape index (κ2) is 7.11. The van der Waals surface area contributed by atoms with Crippen molar-refractivity contribution in [1.29, 1.82) is 0 Å². The zero-order valence-electron chi connectivity index (χ0n) is 14.8. The van der Waals surface area contributed by atoms with Gasteiger partial charge in [-0.25, -0.2) is 13.8 Å². The monoisotopic (exact) mass is 379 g/mol. The molecule has 0 unspecified atom stereocenters. The molecule has 7 heteroatoms. The number of ether oxygens (including phenoxy) is 1. The molecule has 140 valence electrons. The van der Waals surface area contributed by atoms with E-state index in [9.17, 15) is 13.6 Å². The van der Waals surface area contributed by atoms with E-state index in [2.05, 4.69) is 10.3 Å². The number of methoxy groups -OCH3 is 1. The number of nitrogens with one attached hydrogen (secondary N) is 1. The molecular weight excluding hydrogens is 364 g/mol. The molecule has 0 aliphatic heterocycles. The molecule has 1 N–H and O–H groups in total. The summed E-state index contributed by atoms with van der Waals surface area (Å²) in [6, 6.07) is 14.0. The van der Waals surface area contributed by atoms with Crippen LogP contribution in [-0.2, 0) is 0 Å². The van der Waals surface area contributed by atoms with Crippen LogP contribution in [0, 0.1) is 11.6 Å². The van der Waals surface area contributed by atoms with Crippen molar-refractivity contribution >= 4 is 17.2 Å². The molecule has 0 spiro atoms. The smallest absolute Gasteiger partial charge is 0.261 e. The molecule has 2 heterocycles. The average molecular weight is 379 g/mol. The van der Waals surface area contributed by atoms with Crippen molar-refractivity contribution in [2.24, 2.45) is 0 Å². The van der Waals surface area contributed by atoms with E-state index >= 15 is 0 Å². The van der Waals surface area contributed by atoms with Gasteiger partial charge in [0.1, 0.15) is 28.6 Å². The molecule has 4 aromatic rings. The highest BCUT2D eigenvalue weighted by atomic mass is 19.1. The number of hydrogen-bond acceptors (Lipinski definition) is 3. The summed E-state index contributed by atoms with van der Waals surface area (Å²) >= 11 is 0. The van der Waals surface area contributed by atoms with Gasteiger partial charge in [0.15, 0.2) is 0 Å². The van der Waals surface area contributed by atoms with E-state index in [1.807, 2.05) is 35.0 Å². The Labute approximate surface area is 159 Å². The first kappa shape index (κ1) is 17.7. The quantitative estimate of drug-likeness (QED) is 0.566. The molecule has 4 rings (SSSR count). The SMILES string of the molecule is COc1ccc(-c2cn3ccccc3n2)cc1NC(=O)c1c(F)cccc1F. The summed E-state index contributed by atoms with van der Waals surface area (Å²) in [5.74, 6) is -2.42. The molecule has 1 amide bonds. The normalized spacial score (nSPS) is 10.8. The molecule has 0 fully saturated rings. The molecule has 5 nitrogen and oxygen atoms in total. The van der Waals surface area contributed by atoms with Crippen LogP contribution in [-0.4, -0.2) is 22.4 Å². The van der Waals surface area contributed by atoms with E-state index in [0.717, 1.165) is 17.8 Å². The van der Waals surface area contributed by atoms with Crippen molar-refractivity contribution in [3.8, 4) is 17.0 Å². The number of pyridine rings is 1. The minimum absolute atomic E-state index is 0.282. The van der Waals surface area contributed by atoms with Gasteiger partial charge in [0, 0.05) is 18.0 Å². The number of nitrogens with zero attached hydrogens (tertiary/aromatic N) is 2. The molecule has 0 aliphatic rings. The number of aromatic nitrogens is 2. The van der Waals surface area contributed by atoms with Gasteiger partial charge in [-0.1, -0.05) is 12.1 Å². The predicted octanol–water partition coefficient (Wildman–Crippen LogP) is 4.54. The fourth-order valence-corrected chi connectivity index (χ4v) is 2.94. The lowest BCUT2D eigenvalue weighted by Crippen LogP contribution is -2.16. The lowest BCUT2D eigenvalue weighted by molar-refractivity contribution is 0.101. The van der Waals surface area contributed by atoms with Crippen LogP contribution in [0.3, 0.4) is 0 Å². The Morgan fingerprint density at radius 2 is 1.86 bits per heavy atom. The number of benzene rings is 2. The molecule has 0 radical (unpaired) electrons. The van der Waals surface area contributed by atoms with Gasteiger partial charge in [-0.2, -0.15) is 0 Å². The average Bonchev–Trinajstić information content (AvgIpc) is 3.12. The van der Waals surface area contributed by atoms with Crippen molar-refractivity contribution in [2.75, 3.05) is 12.4 Å². The Morgan fingerprint density at radius 1 is 1.07 bits per heavy atom. The molecule has 0 saturated heterocycles. The molecule has 2 aromatic heterocycles. The van der Waals surface area contributed by atoms with E-state index < -0.39 is 23.1 Å². The number of halogens is 2. The van der Waals surface area contributed by atoms with Crippen LogP contribution in [0.15, 0.2) is 67.0 Å². The summed E-state index contributed by atoms with van der Waals surface area (Å²) < 4.78 is 34.9. The molecule has 2 aromatic carbocycles. The summed E-state index contributed by atoms with van der Waals surface area (Å²) in [5.41, 5.74) is 1.80. The van der Waals surface area contributed by atoms with Gasteiger partial charge in [-0.15, -0.1) is 0 Å². The summed E-state index contributed by atoms with van der Waals surface area (Å²) in [5, 5.41) is 2.52. The highest BCUT2D eigenvalue weighted by Crippen LogP contribution is 2.31. The van der Waals surface area contributed by atoms with Crippen molar-refractivity contribution in [2.45, 2.75) is 0 Å². The number of amides is 1. The third-order valence-electron chi connectivity index (χ3n) is 4.30. The standard InChI is InChI=1S/C21H15F2N3O2/c1-28-18-9-8-13(17-12-26-10-3-2-7-19(26)24-17)11-16(18)25-21(27)20-14(22)5-4-6-15(20)23/h2-12H,1H3,(H,25,27). The molecule has 0 atom stereocenters. The summed E-state index contributed by atoms with van der Waals surface area (Å²) in [4.78, 5) is 17.0. The van der Waals surface area contributed by atoms with Crippen molar-refractivity contribution < 1.29 is 18.3 Å². The number of fused-ring (bicyclic) bond motifs is 1. The van der Waals surface area contributed by atoms with Crippen LogP contribution in [0.2, 0.25) is 0 Å². The maximum absolute atomic E-state index is 13.9. The summed E-state index contributed by atoms with van der Waals surface area (Å²) in [6.45, 7) is 0. The third-order valence-corrected chi connectivity index (χ3v) is 4.30. The molecule has 0 saturated carbocycles. The van der Waals surface area contributed by atoms with Crippen molar-refractivity contribution in [3.05, 3.63) is 84.2 Å². The Hall–Kier alpha value is -3.74. The van der Waals surface area contributed by atoms with Gasteiger partial charge in [0.05, 0.1) is 18.5 Å². The van der Waals surface area contributed by atoms with E-state index in [0.29, 0.717) is 17.0 Å². The van der Waals surface area contributed by atoms with Gasteiger partial charge in [-0.05, 0) is 42.5 Å². The first-order valence-electron chi connectivity index (χ1n) is 8.44. The van der Waals surface area contributed by atoms with Crippen molar-refractivity contribution in [1.82, 2.24) is 9.38 Å². The Bertz CT molecular complexity index is 1130. The number of hydrogen-bond donors (Lipinski definition) is 1. The minimum atomic E-state index is -0.937. The summed E-state index contributed by atoms with van der Waals surface area (Å²) in [7, 11) is 1.44. The zero-order chi connectivity index (χ0) is 19.7. The van der Waals surface area contributed by atoms with E-state index in [1.165, 1.54) is 13.2 Å². The number of carbonyl (C=O) groups excluding carboxylic acids is 1. The van der Waals surface area contributed by atoms with Crippen LogP contribution in [0.1, 0.15) is 10.4 Å². The van der Waals surface area contributed by atoms with Gasteiger partial charge in [0.25, 0.3) is 5.91 Å². The first-order chi connectivity index (χ1) is 13.6. The van der Waals surface area contributed by atoms with E-state index in [1.54, 1.807) is 18.2 Å². The lowest BCUT2D eigenvalue weighted by atomic mass is 10.1. The topological polar surface area (TPSA) is 55.6 Å². The Kier molecular flexibility index (Phi) is 4.49. The van der Waals surface area contributed by atoms with Crippen LogP contribution in [0.25, 0.3) is 16.9 Å². The fraction of sp³-hybridized carbons (Fsp3) is 0.0476. The van der Waals surface area contributed by atoms with Gasteiger partial charge < -0.3 is 14.5 Å². The fourth-order valence-electron chi connectivity index (χ4n) is 2.94. The van der Waals surface area contributed by atoms with Gasteiger partial charge in [0.2, 0.25) is 0 Å². The minimum Gasteiger partial charge on any atom is -0.495 e. The van der Waals surface area contributed by atoms with Crippen LogP contribution in [0.5, 0.6) is 5.75 Å². The summed E-state index contributed by atoms with van der Waals surface area (Å²) in [6.07, 6.45) is 3.72. The van der Waals surface area contributed by atoms with E-state index in [-0.39, 0.29) is 5.69 Å². The Morgan fingerprint density at radius 3 is 2.57 bits per heavy atom. The Balaban J connectivity index is 1.72. The predicted molar refractivity (Wildman–Crippen MR) is 101 cm³/mol. The molecule has 0 aliphatic carbocycles. The maximum atomic E-state index is 13.9. The van der Waals surface area contributed by atoms with Crippen molar-refractivity contribution in [3.63, 3.8) is 0 Å². The molecule has 0 bridgehead atoms. The largest absolute Gasteiger partial charge is 0.495 e.